The second-order valence-corrected chi connectivity index (χ2v) is 3.83. The summed E-state index contributed by atoms with van der Waals surface area (Å²) < 4.78 is 5.44. The van der Waals surface area contributed by atoms with Crippen molar-refractivity contribution in [1.29, 1.82) is 0 Å². The summed E-state index contributed by atoms with van der Waals surface area (Å²) in [5, 5.41) is 6.55. The Morgan fingerprint density at radius 2 is 1.64 bits per heavy atom. The standard InChI is InChI=1S/C11H26N2O/c1-11(2)14-10-6-9-13-8-5-4-7-12-3/h11-13H,4-10H2,1-3H3. The van der Waals surface area contributed by atoms with Crippen molar-refractivity contribution in [3.63, 3.8) is 0 Å². The summed E-state index contributed by atoms with van der Waals surface area (Å²) in [5.74, 6) is 0. The maximum Gasteiger partial charge on any atom is 0.0518 e. The van der Waals surface area contributed by atoms with Crippen LogP contribution in [0.5, 0.6) is 0 Å². The van der Waals surface area contributed by atoms with E-state index < -0.39 is 0 Å². The number of hydrogen-bond acceptors (Lipinski definition) is 3. The van der Waals surface area contributed by atoms with Gasteiger partial charge in [0.1, 0.15) is 0 Å². The second-order valence-electron chi connectivity index (χ2n) is 3.83. The van der Waals surface area contributed by atoms with Gasteiger partial charge >= 0.3 is 0 Å². The van der Waals surface area contributed by atoms with Crippen molar-refractivity contribution in [2.24, 2.45) is 0 Å². The van der Waals surface area contributed by atoms with Crippen molar-refractivity contribution < 1.29 is 4.74 Å². The molecule has 3 heteroatoms. The molecule has 86 valence electrons. The Labute approximate surface area is 88.6 Å². The van der Waals surface area contributed by atoms with E-state index in [4.69, 9.17) is 4.74 Å². The lowest BCUT2D eigenvalue weighted by Gasteiger charge is -2.07. The Morgan fingerprint density at radius 1 is 1.00 bits per heavy atom. The molecule has 0 aromatic heterocycles. The predicted molar refractivity (Wildman–Crippen MR) is 61.7 cm³/mol. The molecule has 2 N–H and O–H groups in total. The van der Waals surface area contributed by atoms with Crippen LogP contribution in [0.1, 0.15) is 33.1 Å². The van der Waals surface area contributed by atoms with Gasteiger partial charge < -0.3 is 15.4 Å². The monoisotopic (exact) mass is 202 g/mol. The fourth-order valence-corrected chi connectivity index (χ4v) is 1.19. The molecule has 0 aromatic rings. The number of hydrogen-bond donors (Lipinski definition) is 2. The minimum absolute atomic E-state index is 0.366. The van der Waals surface area contributed by atoms with Crippen LogP contribution < -0.4 is 10.6 Å². The molecule has 0 fully saturated rings. The van der Waals surface area contributed by atoms with Crippen molar-refractivity contribution in [2.45, 2.75) is 39.2 Å². The highest BCUT2D eigenvalue weighted by Gasteiger charge is 1.92. The molecule has 0 atom stereocenters. The summed E-state index contributed by atoms with van der Waals surface area (Å²) in [6.45, 7) is 8.35. The number of nitrogens with one attached hydrogen (secondary N) is 2. The van der Waals surface area contributed by atoms with Crippen LogP contribution in [0.3, 0.4) is 0 Å². The fraction of sp³-hybridized carbons (Fsp3) is 1.00. The van der Waals surface area contributed by atoms with Gasteiger partial charge in [0.25, 0.3) is 0 Å². The first-order chi connectivity index (χ1) is 6.77. The van der Waals surface area contributed by atoms with Gasteiger partial charge in [-0.15, -0.1) is 0 Å². The van der Waals surface area contributed by atoms with Crippen molar-refractivity contribution in [3.05, 3.63) is 0 Å². The van der Waals surface area contributed by atoms with E-state index >= 15 is 0 Å². The van der Waals surface area contributed by atoms with Crippen molar-refractivity contribution in [2.75, 3.05) is 33.3 Å². The van der Waals surface area contributed by atoms with Gasteiger partial charge in [0.2, 0.25) is 0 Å². The Morgan fingerprint density at radius 3 is 2.29 bits per heavy atom. The van der Waals surface area contributed by atoms with Crippen LogP contribution in [0, 0.1) is 0 Å². The Balaban J connectivity index is 2.85. The lowest BCUT2D eigenvalue weighted by Crippen LogP contribution is -2.20. The first kappa shape index (κ1) is 13.9. The third-order valence-electron chi connectivity index (χ3n) is 1.98. The average molecular weight is 202 g/mol. The molecule has 0 unspecified atom stereocenters. The van der Waals surface area contributed by atoms with E-state index in [1.165, 1.54) is 12.8 Å². The first-order valence-electron chi connectivity index (χ1n) is 5.74. The normalized spacial score (nSPS) is 11.1. The summed E-state index contributed by atoms with van der Waals surface area (Å²) in [6.07, 6.45) is 3.99. The fourth-order valence-electron chi connectivity index (χ4n) is 1.19. The highest BCUT2D eigenvalue weighted by Crippen LogP contribution is 1.89. The molecule has 0 spiro atoms. The molecule has 3 nitrogen and oxygen atoms in total. The number of unbranched alkanes of at least 4 members (excludes halogenated alkanes) is 1. The van der Waals surface area contributed by atoms with E-state index in [1.807, 2.05) is 7.05 Å². The van der Waals surface area contributed by atoms with Crippen molar-refractivity contribution in [3.8, 4) is 0 Å². The Hall–Kier alpha value is -0.120. The summed E-state index contributed by atoms with van der Waals surface area (Å²) >= 11 is 0. The molecular weight excluding hydrogens is 176 g/mol. The van der Waals surface area contributed by atoms with Gasteiger partial charge in [-0.3, -0.25) is 0 Å². The van der Waals surface area contributed by atoms with Crippen LogP contribution >= 0.6 is 0 Å². The molecule has 0 rings (SSSR count). The summed E-state index contributed by atoms with van der Waals surface area (Å²) in [5.41, 5.74) is 0. The molecular formula is C11H26N2O. The second kappa shape index (κ2) is 11.0. The average Bonchev–Trinajstić information content (AvgIpc) is 2.15. The lowest BCUT2D eigenvalue weighted by atomic mass is 10.3. The molecule has 0 aliphatic rings. The molecule has 0 saturated heterocycles. The molecule has 0 heterocycles. The first-order valence-corrected chi connectivity index (χ1v) is 5.74. The third-order valence-corrected chi connectivity index (χ3v) is 1.98. The van der Waals surface area contributed by atoms with E-state index in [0.29, 0.717) is 6.10 Å². The van der Waals surface area contributed by atoms with Crippen LogP contribution in [0.2, 0.25) is 0 Å². The van der Waals surface area contributed by atoms with Gasteiger partial charge in [-0.25, -0.2) is 0 Å². The number of ether oxygens (including phenoxy) is 1. The maximum atomic E-state index is 5.44. The summed E-state index contributed by atoms with van der Waals surface area (Å²) in [4.78, 5) is 0. The molecule has 0 aliphatic heterocycles. The molecule has 14 heavy (non-hydrogen) atoms. The molecule has 0 radical (unpaired) electrons. The van der Waals surface area contributed by atoms with Gasteiger partial charge in [0.05, 0.1) is 6.10 Å². The minimum atomic E-state index is 0.366. The third kappa shape index (κ3) is 11.9. The SMILES string of the molecule is CNCCCCNCCCOC(C)C. The Kier molecular flexibility index (Phi) is 10.9. The van der Waals surface area contributed by atoms with Crippen LogP contribution in [0.25, 0.3) is 0 Å². The van der Waals surface area contributed by atoms with Gasteiger partial charge in [-0.2, -0.15) is 0 Å². The largest absolute Gasteiger partial charge is 0.379 e. The van der Waals surface area contributed by atoms with Crippen LogP contribution in [-0.4, -0.2) is 39.4 Å². The van der Waals surface area contributed by atoms with Crippen LogP contribution in [0.15, 0.2) is 0 Å². The van der Waals surface area contributed by atoms with Gasteiger partial charge in [-0.05, 0) is 59.8 Å². The quantitative estimate of drug-likeness (QED) is 0.525. The Bertz CT molecular complexity index is 107. The maximum absolute atomic E-state index is 5.44. The zero-order valence-corrected chi connectivity index (χ0v) is 9.94. The predicted octanol–water partition coefficient (Wildman–Crippen LogP) is 1.39. The van der Waals surface area contributed by atoms with E-state index in [1.54, 1.807) is 0 Å². The highest BCUT2D eigenvalue weighted by atomic mass is 16.5. The molecule has 0 saturated carbocycles. The van der Waals surface area contributed by atoms with Gasteiger partial charge in [0.15, 0.2) is 0 Å². The molecule has 0 amide bonds. The number of rotatable bonds is 10. The topological polar surface area (TPSA) is 33.3 Å². The van der Waals surface area contributed by atoms with Crippen LogP contribution in [0.4, 0.5) is 0 Å². The summed E-state index contributed by atoms with van der Waals surface area (Å²) in [7, 11) is 2.00. The van der Waals surface area contributed by atoms with E-state index in [-0.39, 0.29) is 0 Å². The molecule has 0 aliphatic carbocycles. The van der Waals surface area contributed by atoms with Crippen molar-refractivity contribution in [1.82, 2.24) is 10.6 Å². The van der Waals surface area contributed by atoms with Crippen LogP contribution in [-0.2, 0) is 4.74 Å². The lowest BCUT2D eigenvalue weighted by molar-refractivity contribution is 0.0771. The smallest absolute Gasteiger partial charge is 0.0518 e. The molecule has 0 bridgehead atoms. The zero-order valence-electron chi connectivity index (χ0n) is 9.94. The van der Waals surface area contributed by atoms with E-state index in [9.17, 15) is 0 Å². The van der Waals surface area contributed by atoms with Crippen molar-refractivity contribution >= 4 is 0 Å². The zero-order chi connectivity index (χ0) is 10.6. The van der Waals surface area contributed by atoms with E-state index in [2.05, 4.69) is 24.5 Å². The minimum Gasteiger partial charge on any atom is -0.379 e. The molecule has 0 aromatic carbocycles. The van der Waals surface area contributed by atoms with Gasteiger partial charge in [-0.1, -0.05) is 0 Å². The summed E-state index contributed by atoms with van der Waals surface area (Å²) in [6, 6.07) is 0. The van der Waals surface area contributed by atoms with E-state index in [0.717, 1.165) is 32.7 Å². The van der Waals surface area contributed by atoms with Gasteiger partial charge in [0, 0.05) is 6.61 Å². The highest BCUT2D eigenvalue weighted by molar-refractivity contribution is 4.50.